The molecule has 5 rings (SSSR count). The van der Waals surface area contributed by atoms with Gasteiger partial charge in [-0.3, -0.25) is 14.4 Å². The maximum absolute atomic E-state index is 13.1. The first-order valence-electron chi connectivity index (χ1n) is 10.5. The van der Waals surface area contributed by atoms with E-state index >= 15 is 0 Å². The largest absolute Gasteiger partial charge is 0.454 e. The summed E-state index contributed by atoms with van der Waals surface area (Å²) in [4.78, 5) is 52.0. The van der Waals surface area contributed by atoms with Gasteiger partial charge in [0.15, 0.2) is 12.4 Å². The van der Waals surface area contributed by atoms with Gasteiger partial charge in [0.25, 0.3) is 0 Å². The summed E-state index contributed by atoms with van der Waals surface area (Å²) in [5, 5.41) is 0. The number of allylic oxidation sites excluding steroid dienone is 2. The number of ketones is 1. The quantitative estimate of drug-likeness (QED) is 0.312. The normalized spacial score (nSPS) is 25.7. The molecule has 0 N–H and O–H groups in total. The molecule has 7 heteroatoms. The van der Waals surface area contributed by atoms with Crippen LogP contribution < -0.4 is 4.90 Å². The molecule has 6 nitrogen and oxygen atoms in total. The zero-order chi connectivity index (χ0) is 22.6. The number of carbonyl (C=O) groups excluding carboxylic acids is 4. The third-order valence-corrected chi connectivity index (χ3v) is 6.72. The Bertz CT molecular complexity index is 1190. The van der Waals surface area contributed by atoms with Crippen molar-refractivity contribution in [2.24, 2.45) is 23.7 Å². The first kappa shape index (κ1) is 20.3. The molecule has 2 bridgehead atoms. The highest BCUT2D eigenvalue weighted by atomic mass is 19.1. The molecule has 162 valence electrons. The van der Waals surface area contributed by atoms with Crippen molar-refractivity contribution in [3.8, 4) is 0 Å². The molecule has 2 amide bonds. The second-order valence-corrected chi connectivity index (χ2v) is 8.54. The van der Waals surface area contributed by atoms with Gasteiger partial charge in [0.1, 0.15) is 5.82 Å². The van der Waals surface area contributed by atoms with Crippen LogP contribution in [0.25, 0.3) is 0 Å². The molecule has 2 fully saturated rings. The smallest absolute Gasteiger partial charge is 0.338 e. The molecule has 4 atom stereocenters. The number of Topliss-reactive ketones (excluding diaryl/α,β-unsaturated/α-hetero) is 1. The zero-order valence-electron chi connectivity index (χ0n) is 17.3. The molecule has 1 heterocycles. The lowest BCUT2D eigenvalue weighted by molar-refractivity contribution is -0.123. The van der Waals surface area contributed by atoms with Gasteiger partial charge in [0, 0.05) is 5.56 Å². The highest BCUT2D eigenvalue weighted by Gasteiger charge is 2.60. The highest BCUT2D eigenvalue weighted by Crippen LogP contribution is 2.55. The molecule has 2 aromatic rings. The van der Waals surface area contributed by atoms with Crippen LogP contribution in [-0.4, -0.2) is 30.2 Å². The third kappa shape index (κ3) is 3.16. The number of carbonyl (C=O) groups is 4. The molecular formula is C25H20FNO5. The SMILES string of the molecule is CC1=C[C@H]2C[C@H]1[C@H]1C(=O)N(c3cccc(C(=O)OCC(=O)c4ccc(F)cc4)c3)C(=O)[C@H]12. The number of hydrogen-bond donors (Lipinski definition) is 0. The Labute approximate surface area is 183 Å². The number of ether oxygens (including phenoxy) is 1. The van der Waals surface area contributed by atoms with Crippen LogP contribution in [0.4, 0.5) is 10.1 Å². The number of benzene rings is 2. The number of fused-ring (bicyclic) bond motifs is 5. The molecule has 2 aromatic carbocycles. The molecule has 0 spiro atoms. The fourth-order valence-electron chi connectivity index (χ4n) is 5.23. The van der Waals surface area contributed by atoms with E-state index in [9.17, 15) is 23.6 Å². The Kier molecular flexibility index (Phi) is 4.77. The van der Waals surface area contributed by atoms with Crippen LogP contribution in [0.1, 0.15) is 34.1 Å². The van der Waals surface area contributed by atoms with E-state index < -0.39 is 24.2 Å². The molecule has 1 saturated carbocycles. The van der Waals surface area contributed by atoms with Crippen molar-refractivity contribution in [2.45, 2.75) is 13.3 Å². The topological polar surface area (TPSA) is 80.8 Å². The lowest BCUT2D eigenvalue weighted by Gasteiger charge is -2.19. The lowest BCUT2D eigenvalue weighted by Crippen LogP contribution is -2.33. The predicted molar refractivity (Wildman–Crippen MR) is 112 cm³/mol. The standard InChI is InChI=1S/C25H20FNO5/c1-13-9-16-11-19(13)22-21(16)23(29)27(24(22)30)18-4-2-3-15(10-18)25(31)32-12-20(28)14-5-7-17(26)8-6-14/h2-10,16,19,21-22H,11-12H2,1H3/t16-,19+,21-,22+/m0/s1. The van der Waals surface area contributed by atoms with Crippen molar-refractivity contribution < 1.29 is 28.3 Å². The van der Waals surface area contributed by atoms with E-state index in [0.29, 0.717) is 5.69 Å². The molecule has 1 aliphatic heterocycles. The van der Waals surface area contributed by atoms with Crippen molar-refractivity contribution in [1.82, 2.24) is 0 Å². The Hall–Kier alpha value is -3.61. The van der Waals surface area contributed by atoms with E-state index in [-0.39, 0.29) is 46.6 Å². The highest BCUT2D eigenvalue weighted by molar-refractivity contribution is 6.23. The summed E-state index contributed by atoms with van der Waals surface area (Å²) in [6, 6.07) is 11.1. The zero-order valence-corrected chi connectivity index (χ0v) is 17.3. The van der Waals surface area contributed by atoms with Gasteiger partial charge in [-0.2, -0.15) is 0 Å². The summed E-state index contributed by atoms with van der Waals surface area (Å²) in [5.41, 5.74) is 1.85. The van der Waals surface area contributed by atoms with Crippen molar-refractivity contribution in [3.63, 3.8) is 0 Å². The Morgan fingerprint density at radius 2 is 1.75 bits per heavy atom. The Balaban J connectivity index is 1.30. The molecule has 2 aliphatic carbocycles. The van der Waals surface area contributed by atoms with E-state index in [1.54, 1.807) is 12.1 Å². The first-order valence-corrected chi connectivity index (χ1v) is 10.5. The molecule has 0 unspecified atom stereocenters. The second-order valence-electron chi connectivity index (χ2n) is 8.54. The van der Waals surface area contributed by atoms with E-state index in [1.807, 2.05) is 6.92 Å². The van der Waals surface area contributed by atoms with E-state index in [0.717, 1.165) is 18.6 Å². The average molecular weight is 433 g/mol. The predicted octanol–water partition coefficient (Wildman–Crippen LogP) is 3.57. The van der Waals surface area contributed by atoms with Crippen molar-refractivity contribution in [2.75, 3.05) is 11.5 Å². The number of amides is 2. The van der Waals surface area contributed by atoms with E-state index in [2.05, 4.69) is 6.08 Å². The van der Waals surface area contributed by atoms with Gasteiger partial charge >= 0.3 is 5.97 Å². The summed E-state index contributed by atoms with van der Waals surface area (Å²) >= 11 is 0. The minimum atomic E-state index is -0.751. The van der Waals surface area contributed by atoms with Gasteiger partial charge < -0.3 is 4.74 Å². The van der Waals surface area contributed by atoms with Crippen LogP contribution >= 0.6 is 0 Å². The molecule has 1 saturated heterocycles. The molecule has 3 aliphatic rings. The maximum Gasteiger partial charge on any atom is 0.338 e. The van der Waals surface area contributed by atoms with E-state index in [1.165, 1.54) is 34.7 Å². The van der Waals surface area contributed by atoms with Crippen LogP contribution in [0, 0.1) is 29.5 Å². The maximum atomic E-state index is 13.1. The number of rotatable bonds is 5. The molecule has 0 aromatic heterocycles. The van der Waals surface area contributed by atoms with Gasteiger partial charge in [-0.05, 0) is 67.6 Å². The third-order valence-electron chi connectivity index (χ3n) is 6.72. The van der Waals surface area contributed by atoms with Gasteiger partial charge in [0.05, 0.1) is 23.1 Å². The van der Waals surface area contributed by atoms with Gasteiger partial charge in [0.2, 0.25) is 11.8 Å². The second kappa shape index (κ2) is 7.51. The number of esters is 1. The summed E-state index contributed by atoms with van der Waals surface area (Å²) in [7, 11) is 0. The summed E-state index contributed by atoms with van der Waals surface area (Å²) in [6.45, 7) is 1.50. The number of hydrogen-bond acceptors (Lipinski definition) is 5. The number of halogens is 1. The fraction of sp³-hybridized carbons (Fsp3) is 0.280. The number of imide groups is 1. The van der Waals surface area contributed by atoms with Crippen LogP contribution in [0.5, 0.6) is 0 Å². The van der Waals surface area contributed by atoms with Crippen molar-refractivity contribution in [1.29, 1.82) is 0 Å². The average Bonchev–Trinajstić information content (AvgIpc) is 3.42. The van der Waals surface area contributed by atoms with Crippen LogP contribution in [0.15, 0.2) is 60.2 Å². The van der Waals surface area contributed by atoms with Gasteiger partial charge in [-0.25, -0.2) is 14.1 Å². The van der Waals surface area contributed by atoms with Crippen LogP contribution in [-0.2, 0) is 14.3 Å². The van der Waals surface area contributed by atoms with Crippen molar-refractivity contribution in [3.05, 3.63) is 77.1 Å². The number of nitrogens with zero attached hydrogens (tertiary/aromatic N) is 1. The van der Waals surface area contributed by atoms with Gasteiger partial charge in [-0.1, -0.05) is 17.7 Å². The fourth-order valence-corrected chi connectivity index (χ4v) is 5.23. The minimum Gasteiger partial charge on any atom is -0.454 e. The summed E-state index contributed by atoms with van der Waals surface area (Å²) in [5.74, 6) is -2.60. The van der Waals surface area contributed by atoms with Crippen LogP contribution in [0.3, 0.4) is 0 Å². The first-order chi connectivity index (χ1) is 15.3. The Morgan fingerprint density at radius 1 is 1.03 bits per heavy atom. The lowest BCUT2D eigenvalue weighted by atomic mass is 9.82. The molecular weight excluding hydrogens is 413 g/mol. The van der Waals surface area contributed by atoms with Crippen molar-refractivity contribution >= 4 is 29.3 Å². The molecule has 0 radical (unpaired) electrons. The Morgan fingerprint density at radius 3 is 2.50 bits per heavy atom. The summed E-state index contributed by atoms with van der Waals surface area (Å²) < 4.78 is 18.1. The van der Waals surface area contributed by atoms with Gasteiger partial charge in [-0.15, -0.1) is 0 Å². The van der Waals surface area contributed by atoms with Crippen LogP contribution in [0.2, 0.25) is 0 Å². The van der Waals surface area contributed by atoms with E-state index in [4.69, 9.17) is 4.74 Å². The monoisotopic (exact) mass is 433 g/mol. The number of anilines is 1. The summed E-state index contributed by atoms with van der Waals surface area (Å²) in [6.07, 6.45) is 2.95. The minimum absolute atomic E-state index is 0.0945. The molecule has 32 heavy (non-hydrogen) atoms.